The van der Waals surface area contributed by atoms with Gasteiger partial charge in [-0.1, -0.05) is 11.3 Å². The Morgan fingerprint density at radius 3 is 3.20 bits per heavy atom. The Bertz CT molecular complexity index is 654. The van der Waals surface area contributed by atoms with Gasteiger partial charge in [-0.05, 0) is 12.2 Å². The molecule has 0 saturated carbocycles. The zero-order valence-corrected chi connectivity index (χ0v) is 12.4. The van der Waals surface area contributed by atoms with Crippen LogP contribution in [0, 0.1) is 0 Å². The largest absolute Gasteiger partial charge is 0.468 e. The van der Waals surface area contributed by atoms with Crippen molar-refractivity contribution >= 4 is 34.0 Å². The maximum Gasteiger partial charge on any atom is 0.322 e. The Morgan fingerprint density at radius 2 is 2.45 bits per heavy atom. The van der Waals surface area contributed by atoms with Crippen LogP contribution in [0.4, 0.5) is 0 Å². The molecule has 2 heterocycles. The number of fused-ring (bicyclic) bond motifs is 1. The van der Waals surface area contributed by atoms with Crippen molar-refractivity contribution in [3.8, 4) is 0 Å². The average molecular weight is 314 g/mol. The lowest BCUT2D eigenvalue weighted by molar-refractivity contribution is -0.142. The number of methoxy groups -OCH3 is 1. The lowest BCUT2D eigenvalue weighted by Crippen LogP contribution is -2.32. The fourth-order valence-corrected chi connectivity index (χ4v) is 3.10. The maximum atomic E-state index is 11.7. The summed E-state index contributed by atoms with van der Waals surface area (Å²) in [4.78, 5) is 27.7. The standard InChI is InChI=1S/C11H14N4O3S2/c1-18-10(17)8(12)2-3-19-5-7-4-9(16)15-11(14-7)20-6-13-15/h4,6,8H,2-3,5,12H2,1H3. The summed E-state index contributed by atoms with van der Waals surface area (Å²) in [6, 6.07) is 0.870. The quantitative estimate of drug-likeness (QED) is 0.603. The monoisotopic (exact) mass is 314 g/mol. The number of nitrogens with zero attached hydrogens (tertiary/aromatic N) is 3. The molecule has 9 heteroatoms. The minimum absolute atomic E-state index is 0.182. The number of thioether (sulfide) groups is 1. The highest BCUT2D eigenvalue weighted by molar-refractivity contribution is 7.98. The van der Waals surface area contributed by atoms with E-state index in [1.54, 1.807) is 17.3 Å². The molecule has 1 unspecified atom stereocenters. The first kappa shape index (κ1) is 14.9. The van der Waals surface area contributed by atoms with Crippen molar-refractivity contribution < 1.29 is 9.53 Å². The van der Waals surface area contributed by atoms with E-state index in [-0.39, 0.29) is 5.56 Å². The third kappa shape index (κ3) is 3.56. The van der Waals surface area contributed by atoms with Gasteiger partial charge >= 0.3 is 5.97 Å². The summed E-state index contributed by atoms with van der Waals surface area (Å²) in [6.45, 7) is 0. The summed E-state index contributed by atoms with van der Waals surface area (Å²) in [5, 5.41) is 3.89. The molecule has 0 aliphatic heterocycles. The first-order chi connectivity index (χ1) is 9.61. The molecular formula is C11H14N4O3S2. The molecule has 0 spiro atoms. The molecule has 2 aromatic rings. The number of ether oxygens (including phenoxy) is 1. The van der Waals surface area contributed by atoms with E-state index in [0.717, 1.165) is 0 Å². The molecule has 7 nitrogen and oxygen atoms in total. The smallest absolute Gasteiger partial charge is 0.322 e. The molecule has 2 aromatic heterocycles. The van der Waals surface area contributed by atoms with Gasteiger partial charge in [0, 0.05) is 11.8 Å². The molecular weight excluding hydrogens is 300 g/mol. The zero-order chi connectivity index (χ0) is 14.5. The minimum atomic E-state index is -0.602. The van der Waals surface area contributed by atoms with Gasteiger partial charge in [-0.15, -0.1) is 0 Å². The lowest BCUT2D eigenvalue weighted by Gasteiger charge is -2.08. The molecule has 0 aromatic carbocycles. The number of hydrogen-bond donors (Lipinski definition) is 1. The van der Waals surface area contributed by atoms with E-state index in [1.165, 1.54) is 29.0 Å². The summed E-state index contributed by atoms with van der Waals surface area (Å²) in [6.07, 6.45) is 0.527. The van der Waals surface area contributed by atoms with Gasteiger partial charge in [-0.2, -0.15) is 21.4 Å². The van der Waals surface area contributed by atoms with Crippen LogP contribution in [0.25, 0.3) is 4.96 Å². The topological polar surface area (TPSA) is 99.6 Å². The van der Waals surface area contributed by atoms with Crippen LogP contribution in [-0.4, -0.2) is 39.5 Å². The number of carbonyl (C=O) groups excluding carboxylic acids is 1. The van der Waals surface area contributed by atoms with Gasteiger partial charge in [0.15, 0.2) is 0 Å². The predicted octanol–water partition coefficient (Wildman–Crippen LogP) is 0.275. The van der Waals surface area contributed by atoms with Gasteiger partial charge in [-0.25, -0.2) is 4.98 Å². The molecule has 0 saturated heterocycles. The number of esters is 1. The van der Waals surface area contributed by atoms with Crippen LogP contribution < -0.4 is 11.3 Å². The van der Waals surface area contributed by atoms with Crippen molar-refractivity contribution in [2.45, 2.75) is 18.2 Å². The molecule has 0 radical (unpaired) electrons. The van der Waals surface area contributed by atoms with Crippen LogP contribution in [-0.2, 0) is 15.3 Å². The van der Waals surface area contributed by atoms with Crippen molar-refractivity contribution in [3.05, 3.63) is 27.6 Å². The van der Waals surface area contributed by atoms with E-state index >= 15 is 0 Å². The van der Waals surface area contributed by atoms with E-state index in [9.17, 15) is 9.59 Å². The van der Waals surface area contributed by atoms with Crippen molar-refractivity contribution in [1.29, 1.82) is 0 Å². The first-order valence-corrected chi connectivity index (χ1v) is 7.89. The number of carbonyl (C=O) groups is 1. The van der Waals surface area contributed by atoms with Gasteiger partial charge in [0.2, 0.25) is 4.96 Å². The van der Waals surface area contributed by atoms with Gasteiger partial charge < -0.3 is 10.5 Å². The van der Waals surface area contributed by atoms with Crippen LogP contribution in [0.1, 0.15) is 12.1 Å². The Labute approximate surface area is 123 Å². The highest BCUT2D eigenvalue weighted by atomic mass is 32.2. The molecule has 0 aliphatic carbocycles. The summed E-state index contributed by atoms with van der Waals surface area (Å²) in [5.74, 6) is 0.880. The van der Waals surface area contributed by atoms with Crippen LogP contribution in [0.2, 0.25) is 0 Å². The normalized spacial score (nSPS) is 12.5. The Kier molecular flexibility index (Phi) is 5.10. The highest BCUT2D eigenvalue weighted by Gasteiger charge is 2.13. The number of hydrogen-bond acceptors (Lipinski definition) is 8. The van der Waals surface area contributed by atoms with Gasteiger partial charge in [0.1, 0.15) is 11.6 Å². The van der Waals surface area contributed by atoms with Crippen molar-refractivity contribution in [1.82, 2.24) is 14.6 Å². The lowest BCUT2D eigenvalue weighted by atomic mass is 10.2. The van der Waals surface area contributed by atoms with E-state index < -0.39 is 12.0 Å². The van der Waals surface area contributed by atoms with E-state index in [0.29, 0.717) is 28.6 Å². The molecule has 1 atom stereocenters. The molecule has 108 valence electrons. The van der Waals surface area contributed by atoms with Crippen molar-refractivity contribution in [2.75, 3.05) is 12.9 Å². The van der Waals surface area contributed by atoms with Crippen molar-refractivity contribution in [3.63, 3.8) is 0 Å². The Balaban J connectivity index is 1.87. The molecule has 0 aliphatic rings. The van der Waals surface area contributed by atoms with Gasteiger partial charge in [-0.3, -0.25) is 9.59 Å². The third-order valence-electron chi connectivity index (χ3n) is 2.57. The second-order valence-electron chi connectivity index (χ2n) is 3.99. The van der Waals surface area contributed by atoms with Crippen LogP contribution in [0.3, 0.4) is 0 Å². The molecule has 0 bridgehead atoms. The van der Waals surface area contributed by atoms with Crippen LogP contribution in [0.15, 0.2) is 16.4 Å². The fourth-order valence-electron chi connectivity index (χ4n) is 1.53. The molecule has 2 N–H and O–H groups in total. The fraction of sp³-hybridized carbons (Fsp3) is 0.455. The first-order valence-electron chi connectivity index (χ1n) is 5.85. The number of aromatic nitrogens is 3. The van der Waals surface area contributed by atoms with E-state index in [2.05, 4.69) is 14.8 Å². The van der Waals surface area contributed by atoms with Gasteiger partial charge in [0.25, 0.3) is 5.56 Å². The second kappa shape index (κ2) is 6.82. The highest BCUT2D eigenvalue weighted by Crippen LogP contribution is 2.13. The predicted molar refractivity (Wildman–Crippen MR) is 77.9 cm³/mol. The van der Waals surface area contributed by atoms with E-state index in [1.807, 2.05) is 0 Å². The number of rotatable bonds is 6. The number of nitrogens with two attached hydrogens (primary N) is 1. The summed E-state index contributed by atoms with van der Waals surface area (Å²) in [7, 11) is 1.32. The molecule has 0 amide bonds. The summed E-state index contributed by atoms with van der Waals surface area (Å²) in [5.41, 5.74) is 7.73. The van der Waals surface area contributed by atoms with Gasteiger partial charge in [0.05, 0.1) is 12.8 Å². The minimum Gasteiger partial charge on any atom is -0.468 e. The second-order valence-corrected chi connectivity index (χ2v) is 5.91. The maximum absolute atomic E-state index is 11.7. The Hall–Kier alpha value is -1.45. The Morgan fingerprint density at radius 1 is 1.65 bits per heavy atom. The molecule has 2 rings (SSSR count). The SMILES string of the molecule is COC(=O)C(N)CCSCc1cc(=O)n2ncsc2n1. The van der Waals surface area contributed by atoms with E-state index in [4.69, 9.17) is 5.73 Å². The molecule has 20 heavy (non-hydrogen) atoms. The van der Waals surface area contributed by atoms with Crippen LogP contribution in [0.5, 0.6) is 0 Å². The third-order valence-corrected chi connectivity index (χ3v) is 4.27. The zero-order valence-electron chi connectivity index (χ0n) is 10.8. The average Bonchev–Trinajstić information content (AvgIpc) is 2.91. The van der Waals surface area contributed by atoms with Crippen LogP contribution >= 0.6 is 23.1 Å². The molecule has 0 fully saturated rings. The summed E-state index contributed by atoms with van der Waals surface area (Å²) >= 11 is 2.89. The van der Waals surface area contributed by atoms with Crippen molar-refractivity contribution in [2.24, 2.45) is 5.73 Å². The summed E-state index contributed by atoms with van der Waals surface area (Å²) < 4.78 is 5.82.